The molecular formula is C20H22N4O3S. The van der Waals surface area contributed by atoms with Crippen molar-refractivity contribution in [2.45, 2.75) is 24.9 Å². The molecular weight excluding hydrogens is 376 g/mol. The summed E-state index contributed by atoms with van der Waals surface area (Å²) in [6, 6.07) is 8.84. The van der Waals surface area contributed by atoms with Crippen molar-refractivity contribution in [1.82, 2.24) is 15.5 Å². The van der Waals surface area contributed by atoms with E-state index in [0.717, 1.165) is 10.4 Å². The lowest BCUT2D eigenvalue weighted by Crippen LogP contribution is -2.55. The second-order valence-corrected chi connectivity index (χ2v) is 8.01. The Morgan fingerprint density at radius 2 is 2.18 bits per heavy atom. The summed E-state index contributed by atoms with van der Waals surface area (Å²) >= 11 is 1.61. The fourth-order valence-corrected chi connectivity index (χ4v) is 4.55. The van der Waals surface area contributed by atoms with E-state index >= 15 is 0 Å². The number of anilines is 1. The van der Waals surface area contributed by atoms with Crippen molar-refractivity contribution in [3.8, 4) is 10.4 Å². The molecule has 1 aromatic carbocycles. The fraction of sp³-hybridized carbons (Fsp3) is 0.350. The van der Waals surface area contributed by atoms with E-state index in [1.54, 1.807) is 29.4 Å². The van der Waals surface area contributed by atoms with Gasteiger partial charge >= 0.3 is 0 Å². The quantitative estimate of drug-likeness (QED) is 0.731. The highest BCUT2D eigenvalue weighted by atomic mass is 32.1. The predicted octanol–water partition coefficient (Wildman–Crippen LogP) is 1.68. The summed E-state index contributed by atoms with van der Waals surface area (Å²) in [5.41, 5.74) is 2.02. The summed E-state index contributed by atoms with van der Waals surface area (Å²) in [7, 11) is 1.71. The number of nitrogens with zero attached hydrogens (tertiary/aromatic N) is 1. The largest absolute Gasteiger partial charge is 0.352 e. The van der Waals surface area contributed by atoms with E-state index in [1.165, 1.54) is 0 Å². The smallest absolute Gasteiger partial charge is 0.256 e. The van der Waals surface area contributed by atoms with Crippen molar-refractivity contribution < 1.29 is 14.4 Å². The van der Waals surface area contributed by atoms with E-state index in [2.05, 4.69) is 16.0 Å². The molecule has 3 heterocycles. The summed E-state index contributed by atoms with van der Waals surface area (Å²) in [6.07, 6.45) is 1.05. The minimum absolute atomic E-state index is 0.106. The first-order valence-corrected chi connectivity index (χ1v) is 10.2. The van der Waals surface area contributed by atoms with Crippen molar-refractivity contribution >= 4 is 34.7 Å². The normalized spacial score (nSPS) is 21.4. The van der Waals surface area contributed by atoms with E-state index in [9.17, 15) is 14.4 Å². The Kier molecular flexibility index (Phi) is 5.15. The molecule has 1 saturated heterocycles. The maximum atomic E-state index is 13.2. The maximum absolute atomic E-state index is 13.2. The zero-order valence-electron chi connectivity index (χ0n) is 15.5. The topological polar surface area (TPSA) is 90.5 Å². The summed E-state index contributed by atoms with van der Waals surface area (Å²) in [5, 5.41) is 10.6. The minimum Gasteiger partial charge on any atom is -0.352 e. The van der Waals surface area contributed by atoms with E-state index in [-0.39, 0.29) is 30.3 Å². The number of amides is 3. The number of hydrogen-bond acceptors (Lipinski definition) is 5. The first-order chi connectivity index (χ1) is 13.6. The molecule has 0 saturated carbocycles. The Morgan fingerprint density at radius 1 is 1.32 bits per heavy atom. The molecule has 28 heavy (non-hydrogen) atoms. The molecule has 1 aromatic heterocycles. The minimum atomic E-state index is -0.585. The number of carbonyl (C=O) groups is 3. The Balaban J connectivity index is 1.58. The summed E-state index contributed by atoms with van der Waals surface area (Å²) in [5.74, 6) is -0.453. The van der Waals surface area contributed by atoms with Crippen LogP contribution in [0, 0.1) is 0 Å². The van der Waals surface area contributed by atoms with Gasteiger partial charge in [0.25, 0.3) is 5.91 Å². The van der Waals surface area contributed by atoms with Gasteiger partial charge in [-0.3, -0.25) is 14.4 Å². The van der Waals surface area contributed by atoms with Gasteiger partial charge in [-0.15, -0.1) is 11.3 Å². The first-order valence-electron chi connectivity index (χ1n) is 9.30. The number of hydrogen-bond donors (Lipinski definition) is 3. The molecule has 2 atom stereocenters. The number of nitrogens with one attached hydrogen (secondary N) is 3. The number of carbonyl (C=O) groups excluding carboxylic acids is 3. The van der Waals surface area contributed by atoms with Gasteiger partial charge in [-0.05, 0) is 49.0 Å². The Labute approximate surface area is 167 Å². The van der Waals surface area contributed by atoms with Crippen LogP contribution < -0.4 is 16.0 Å². The summed E-state index contributed by atoms with van der Waals surface area (Å²) < 4.78 is 0. The van der Waals surface area contributed by atoms with Crippen LogP contribution in [0.25, 0.3) is 10.4 Å². The molecule has 2 aliphatic rings. The molecule has 8 heteroatoms. The zero-order chi connectivity index (χ0) is 19.7. The lowest BCUT2D eigenvalue weighted by atomic mass is 9.96. The van der Waals surface area contributed by atoms with Gasteiger partial charge < -0.3 is 20.9 Å². The second kappa shape index (κ2) is 7.73. The van der Waals surface area contributed by atoms with E-state index in [0.29, 0.717) is 30.6 Å². The highest BCUT2D eigenvalue weighted by Gasteiger charge is 2.40. The molecule has 0 aliphatic carbocycles. The van der Waals surface area contributed by atoms with Gasteiger partial charge in [0.1, 0.15) is 6.04 Å². The molecule has 4 rings (SSSR count). The Hall–Kier alpha value is -2.71. The van der Waals surface area contributed by atoms with Gasteiger partial charge in [0.05, 0.1) is 17.8 Å². The molecule has 1 fully saturated rings. The van der Waals surface area contributed by atoms with E-state index in [4.69, 9.17) is 0 Å². The standard InChI is InChI=1S/C20H22N4O3S/c1-21-11-18(25)22-13-6-7-24-16(10-13)19(26)23-15-5-4-12(9-14(15)20(24)27)17-3-2-8-28-17/h2-5,8-9,13,16,21H,6-7,10-11H2,1H3,(H,22,25)(H,23,26)/t13-,16+/m1/s1. The van der Waals surface area contributed by atoms with Crippen LogP contribution in [0.3, 0.4) is 0 Å². The van der Waals surface area contributed by atoms with Crippen molar-refractivity contribution in [2.24, 2.45) is 0 Å². The molecule has 3 amide bonds. The summed E-state index contributed by atoms with van der Waals surface area (Å²) in [4.78, 5) is 40.6. The van der Waals surface area contributed by atoms with Gasteiger partial charge in [-0.25, -0.2) is 0 Å². The van der Waals surface area contributed by atoms with Crippen LogP contribution in [0.5, 0.6) is 0 Å². The summed E-state index contributed by atoms with van der Waals surface area (Å²) in [6.45, 7) is 0.664. The van der Waals surface area contributed by atoms with Crippen LogP contribution in [-0.4, -0.2) is 54.8 Å². The van der Waals surface area contributed by atoms with Crippen molar-refractivity contribution in [1.29, 1.82) is 0 Å². The number of rotatable bonds is 4. The SMILES string of the molecule is CNCC(=O)N[C@@H]1CCN2C(=O)c3cc(-c4cccs4)ccc3NC(=O)[C@@H]2C1. The lowest BCUT2D eigenvalue weighted by Gasteiger charge is -2.37. The third kappa shape index (κ3) is 3.53. The number of piperidine rings is 1. The van der Waals surface area contributed by atoms with Crippen molar-refractivity contribution in [2.75, 3.05) is 25.5 Å². The van der Waals surface area contributed by atoms with Crippen LogP contribution in [0.1, 0.15) is 23.2 Å². The van der Waals surface area contributed by atoms with Crippen LogP contribution in [0.2, 0.25) is 0 Å². The molecule has 3 N–H and O–H groups in total. The molecule has 7 nitrogen and oxygen atoms in total. The highest BCUT2D eigenvalue weighted by Crippen LogP contribution is 2.33. The van der Waals surface area contributed by atoms with Gasteiger partial charge in [0.2, 0.25) is 11.8 Å². The van der Waals surface area contributed by atoms with Crippen LogP contribution in [0.4, 0.5) is 5.69 Å². The number of fused-ring (bicyclic) bond motifs is 2. The molecule has 0 radical (unpaired) electrons. The van der Waals surface area contributed by atoms with Crippen LogP contribution >= 0.6 is 11.3 Å². The predicted molar refractivity (Wildman–Crippen MR) is 108 cm³/mol. The average Bonchev–Trinajstić information content (AvgIpc) is 3.19. The van der Waals surface area contributed by atoms with Gasteiger partial charge in [-0.1, -0.05) is 12.1 Å². The third-order valence-corrected chi connectivity index (χ3v) is 6.10. The van der Waals surface area contributed by atoms with Crippen molar-refractivity contribution in [3.05, 3.63) is 41.3 Å². The van der Waals surface area contributed by atoms with Crippen LogP contribution in [-0.2, 0) is 9.59 Å². The van der Waals surface area contributed by atoms with Gasteiger partial charge in [0.15, 0.2) is 0 Å². The van der Waals surface area contributed by atoms with E-state index in [1.807, 2.05) is 29.6 Å². The molecule has 2 aliphatic heterocycles. The zero-order valence-corrected chi connectivity index (χ0v) is 16.3. The van der Waals surface area contributed by atoms with Gasteiger partial charge in [-0.2, -0.15) is 0 Å². The average molecular weight is 398 g/mol. The molecule has 2 aromatic rings. The van der Waals surface area contributed by atoms with Gasteiger partial charge in [0, 0.05) is 17.5 Å². The van der Waals surface area contributed by atoms with E-state index < -0.39 is 6.04 Å². The van der Waals surface area contributed by atoms with Crippen molar-refractivity contribution in [3.63, 3.8) is 0 Å². The highest BCUT2D eigenvalue weighted by molar-refractivity contribution is 7.13. The molecule has 146 valence electrons. The number of benzene rings is 1. The number of thiophene rings is 1. The fourth-order valence-electron chi connectivity index (χ4n) is 3.82. The number of likely N-dealkylation sites (N-methyl/N-ethyl adjacent to an activating group) is 1. The maximum Gasteiger partial charge on any atom is 0.256 e. The Bertz CT molecular complexity index is 912. The molecule has 0 bridgehead atoms. The molecule has 0 spiro atoms. The molecule has 0 unspecified atom stereocenters. The lowest BCUT2D eigenvalue weighted by molar-refractivity contribution is -0.124. The van der Waals surface area contributed by atoms with Crippen LogP contribution in [0.15, 0.2) is 35.7 Å². The second-order valence-electron chi connectivity index (χ2n) is 7.06. The first kappa shape index (κ1) is 18.6. The third-order valence-electron chi connectivity index (χ3n) is 5.18. The Morgan fingerprint density at radius 3 is 2.93 bits per heavy atom. The monoisotopic (exact) mass is 398 g/mol.